The minimum atomic E-state index is -0.486. The molecule has 0 aliphatic heterocycles. The van der Waals surface area contributed by atoms with Crippen molar-refractivity contribution in [1.29, 1.82) is 0 Å². The van der Waals surface area contributed by atoms with E-state index in [2.05, 4.69) is 0 Å². The summed E-state index contributed by atoms with van der Waals surface area (Å²) in [7, 11) is 0. The van der Waals surface area contributed by atoms with Gasteiger partial charge in [0.2, 0.25) is 0 Å². The van der Waals surface area contributed by atoms with Crippen molar-refractivity contribution in [2.45, 2.75) is 6.92 Å². The fourth-order valence-electron chi connectivity index (χ4n) is 0.886. The van der Waals surface area contributed by atoms with E-state index < -0.39 is 11.8 Å². The van der Waals surface area contributed by atoms with E-state index >= 15 is 0 Å². The van der Waals surface area contributed by atoms with Crippen LogP contribution in [0.25, 0.3) is 0 Å². The Morgan fingerprint density at radius 2 is 2.23 bits per heavy atom. The molecule has 0 aromatic heterocycles. The van der Waals surface area contributed by atoms with Crippen LogP contribution in [0.4, 0.5) is 4.39 Å². The standard InChI is InChI=1S/C9H8FIO2/c1-2-13-9(12)6-3-7(10)5-8(11)4-6/h3-5H,2H2,1H3. The second-order valence-electron chi connectivity index (χ2n) is 2.38. The number of ether oxygens (including phenoxy) is 1. The van der Waals surface area contributed by atoms with Crippen molar-refractivity contribution in [1.82, 2.24) is 0 Å². The summed E-state index contributed by atoms with van der Waals surface area (Å²) in [6, 6.07) is 4.10. The number of carbonyl (C=O) groups excluding carboxylic acids is 1. The zero-order valence-corrected chi connectivity index (χ0v) is 9.17. The number of rotatable bonds is 2. The van der Waals surface area contributed by atoms with Gasteiger partial charge in [-0.15, -0.1) is 0 Å². The van der Waals surface area contributed by atoms with Crippen LogP contribution in [0, 0.1) is 9.39 Å². The normalized spacial score (nSPS) is 9.77. The van der Waals surface area contributed by atoms with Gasteiger partial charge in [-0.2, -0.15) is 0 Å². The van der Waals surface area contributed by atoms with Gasteiger partial charge in [-0.1, -0.05) is 0 Å². The van der Waals surface area contributed by atoms with E-state index in [4.69, 9.17) is 4.74 Å². The average molecular weight is 294 g/mol. The summed E-state index contributed by atoms with van der Waals surface area (Å²) >= 11 is 1.95. The predicted molar refractivity (Wildman–Crippen MR) is 55.1 cm³/mol. The van der Waals surface area contributed by atoms with Crippen molar-refractivity contribution in [2.24, 2.45) is 0 Å². The minimum Gasteiger partial charge on any atom is -0.462 e. The number of esters is 1. The van der Waals surface area contributed by atoms with Crippen LogP contribution in [-0.4, -0.2) is 12.6 Å². The van der Waals surface area contributed by atoms with Gasteiger partial charge in [-0.05, 0) is 47.7 Å². The van der Waals surface area contributed by atoms with E-state index in [0.29, 0.717) is 10.2 Å². The van der Waals surface area contributed by atoms with Gasteiger partial charge < -0.3 is 4.74 Å². The Kier molecular flexibility index (Phi) is 3.65. The third-order valence-electron chi connectivity index (χ3n) is 1.37. The Labute approximate surface area is 89.2 Å². The monoisotopic (exact) mass is 294 g/mol. The molecule has 0 unspecified atom stereocenters. The molecule has 0 bridgehead atoms. The Hall–Kier alpha value is -0.650. The van der Waals surface area contributed by atoms with Gasteiger partial charge in [-0.25, -0.2) is 9.18 Å². The quantitative estimate of drug-likeness (QED) is 0.619. The van der Waals surface area contributed by atoms with Crippen LogP contribution < -0.4 is 0 Å². The molecule has 70 valence electrons. The molecular weight excluding hydrogens is 286 g/mol. The van der Waals surface area contributed by atoms with Crippen LogP contribution in [0.2, 0.25) is 0 Å². The van der Waals surface area contributed by atoms with Gasteiger partial charge in [0, 0.05) is 3.57 Å². The van der Waals surface area contributed by atoms with Crippen LogP contribution >= 0.6 is 22.6 Å². The Morgan fingerprint density at radius 3 is 2.77 bits per heavy atom. The molecule has 1 aromatic carbocycles. The molecule has 2 nitrogen and oxygen atoms in total. The highest BCUT2D eigenvalue weighted by Crippen LogP contribution is 2.12. The Bertz CT molecular complexity index is 305. The molecule has 0 aliphatic rings. The molecule has 0 fully saturated rings. The molecule has 13 heavy (non-hydrogen) atoms. The lowest BCUT2D eigenvalue weighted by atomic mass is 10.2. The van der Waals surface area contributed by atoms with E-state index in [-0.39, 0.29) is 5.56 Å². The van der Waals surface area contributed by atoms with E-state index in [9.17, 15) is 9.18 Å². The number of benzene rings is 1. The minimum absolute atomic E-state index is 0.256. The zero-order chi connectivity index (χ0) is 9.84. The van der Waals surface area contributed by atoms with Crippen LogP contribution in [0.5, 0.6) is 0 Å². The van der Waals surface area contributed by atoms with Gasteiger partial charge >= 0.3 is 5.97 Å². The molecule has 0 aliphatic carbocycles. The first-order valence-corrected chi connectivity index (χ1v) is 4.84. The summed E-state index contributed by atoms with van der Waals surface area (Å²) in [4.78, 5) is 11.2. The highest BCUT2D eigenvalue weighted by Gasteiger charge is 2.08. The highest BCUT2D eigenvalue weighted by atomic mass is 127. The summed E-state index contributed by atoms with van der Waals surface area (Å²) in [6.07, 6.45) is 0. The van der Waals surface area contributed by atoms with E-state index in [1.54, 1.807) is 13.0 Å². The van der Waals surface area contributed by atoms with Crippen molar-refractivity contribution >= 4 is 28.6 Å². The maximum Gasteiger partial charge on any atom is 0.338 e. The summed E-state index contributed by atoms with van der Waals surface area (Å²) in [5.74, 6) is -0.908. The predicted octanol–water partition coefficient (Wildman–Crippen LogP) is 2.61. The van der Waals surface area contributed by atoms with Crippen molar-refractivity contribution in [2.75, 3.05) is 6.61 Å². The molecule has 0 atom stereocenters. The van der Waals surface area contributed by atoms with Crippen molar-refractivity contribution < 1.29 is 13.9 Å². The summed E-state index contributed by atoms with van der Waals surface area (Å²) in [5, 5.41) is 0. The fraction of sp³-hybridized carbons (Fsp3) is 0.222. The molecule has 0 saturated carbocycles. The van der Waals surface area contributed by atoms with Gasteiger partial charge in [0.25, 0.3) is 0 Å². The summed E-state index contributed by atoms with van der Waals surface area (Å²) < 4.78 is 18.2. The molecule has 0 spiro atoms. The fourth-order valence-corrected chi connectivity index (χ4v) is 1.52. The maximum absolute atomic E-state index is 12.8. The van der Waals surface area contributed by atoms with Gasteiger partial charge in [0.1, 0.15) is 5.82 Å². The number of halogens is 2. The van der Waals surface area contributed by atoms with Crippen molar-refractivity contribution in [3.63, 3.8) is 0 Å². The lowest BCUT2D eigenvalue weighted by Gasteiger charge is -2.01. The second-order valence-corrected chi connectivity index (χ2v) is 3.62. The molecule has 0 N–H and O–H groups in total. The van der Waals surface area contributed by atoms with E-state index in [1.807, 2.05) is 22.6 Å². The largest absolute Gasteiger partial charge is 0.462 e. The van der Waals surface area contributed by atoms with E-state index in [1.165, 1.54) is 12.1 Å². The van der Waals surface area contributed by atoms with Crippen LogP contribution in [0.3, 0.4) is 0 Å². The average Bonchev–Trinajstić information content (AvgIpc) is 2.03. The van der Waals surface area contributed by atoms with Crippen molar-refractivity contribution in [3.8, 4) is 0 Å². The Balaban J connectivity index is 2.94. The topological polar surface area (TPSA) is 26.3 Å². The summed E-state index contributed by atoms with van der Waals surface area (Å²) in [5.41, 5.74) is 0.256. The second kappa shape index (κ2) is 4.55. The van der Waals surface area contributed by atoms with Crippen molar-refractivity contribution in [3.05, 3.63) is 33.1 Å². The molecule has 0 radical (unpaired) electrons. The number of hydrogen-bond donors (Lipinski definition) is 0. The smallest absolute Gasteiger partial charge is 0.338 e. The molecule has 1 aromatic rings. The first-order valence-electron chi connectivity index (χ1n) is 3.76. The molecule has 0 saturated heterocycles. The Morgan fingerprint density at radius 1 is 1.54 bits per heavy atom. The van der Waals surface area contributed by atoms with Crippen LogP contribution in [0.15, 0.2) is 18.2 Å². The van der Waals surface area contributed by atoms with E-state index in [0.717, 1.165) is 0 Å². The van der Waals surface area contributed by atoms with Crippen LogP contribution in [-0.2, 0) is 4.74 Å². The zero-order valence-electron chi connectivity index (χ0n) is 7.01. The van der Waals surface area contributed by atoms with Gasteiger partial charge in [-0.3, -0.25) is 0 Å². The first-order chi connectivity index (χ1) is 6.13. The third-order valence-corrected chi connectivity index (χ3v) is 2.00. The van der Waals surface area contributed by atoms with Gasteiger partial charge in [0.05, 0.1) is 12.2 Å². The summed E-state index contributed by atoms with van der Waals surface area (Å²) in [6.45, 7) is 2.01. The molecular formula is C9H8FIO2. The van der Waals surface area contributed by atoms with Gasteiger partial charge in [0.15, 0.2) is 0 Å². The molecule has 1 rings (SSSR count). The van der Waals surface area contributed by atoms with Crippen LogP contribution in [0.1, 0.15) is 17.3 Å². The molecule has 0 amide bonds. The maximum atomic E-state index is 12.8. The number of carbonyl (C=O) groups is 1. The lowest BCUT2D eigenvalue weighted by Crippen LogP contribution is -2.05. The SMILES string of the molecule is CCOC(=O)c1cc(F)cc(I)c1. The highest BCUT2D eigenvalue weighted by molar-refractivity contribution is 14.1. The first kappa shape index (κ1) is 10.4. The number of hydrogen-bond acceptors (Lipinski definition) is 2. The lowest BCUT2D eigenvalue weighted by molar-refractivity contribution is 0.0525. The third kappa shape index (κ3) is 2.95. The molecule has 4 heteroatoms. The molecule has 0 heterocycles.